The Morgan fingerprint density at radius 1 is 1.25 bits per heavy atom. The topological polar surface area (TPSA) is 23.8 Å². The van der Waals surface area contributed by atoms with E-state index in [-0.39, 0.29) is 0 Å². The van der Waals surface area contributed by atoms with Gasteiger partial charge in [-0.1, -0.05) is 12.1 Å². The lowest BCUT2D eigenvalue weighted by molar-refractivity contribution is 0.832. The molecule has 1 heteroatoms. The van der Waals surface area contributed by atoms with E-state index >= 15 is 0 Å². The van der Waals surface area contributed by atoms with E-state index in [9.17, 15) is 0 Å². The molecule has 0 aliphatic heterocycles. The van der Waals surface area contributed by atoms with Gasteiger partial charge in [-0.05, 0) is 42.9 Å². The molecule has 0 heterocycles. The van der Waals surface area contributed by atoms with E-state index in [1.165, 1.54) is 24.8 Å². The van der Waals surface area contributed by atoms with E-state index in [1.807, 2.05) is 12.1 Å². The van der Waals surface area contributed by atoms with E-state index in [4.69, 9.17) is 5.26 Å². The molecule has 0 spiro atoms. The summed E-state index contributed by atoms with van der Waals surface area (Å²) in [4.78, 5) is 0. The van der Waals surface area contributed by atoms with Crippen LogP contribution in [0.3, 0.4) is 0 Å². The average Bonchev–Trinajstić information content (AvgIpc) is 2.90. The molecule has 0 aromatic heterocycles. The monoisotopic (exact) mass is 157 g/mol. The molecule has 0 radical (unpaired) electrons. The second-order valence-electron chi connectivity index (χ2n) is 3.46. The van der Waals surface area contributed by atoms with Gasteiger partial charge in [-0.3, -0.25) is 0 Å². The van der Waals surface area contributed by atoms with E-state index in [0.29, 0.717) is 0 Å². The van der Waals surface area contributed by atoms with Crippen LogP contribution in [0.25, 0.3) is 0 Å². The maximum atomic E-state index is 8.57. The minimum atomic E-state index is 0.759. The quantitative estimate of drug-likeness (QED) is 0.647. The Hall–Kier alpha value is -1.29. The lowest BCUT2D eigenvalue weighted by Gasteiger charge is -1.97. The van der Waals surface area contributed by atoms with Crippen molar-refractivity contribution in [2.75, 3.05) is 0 Å². The molecule has 1 fully saturated rings. The summed E-state index contributed by atoms with van der Waals surface area (Å²) >= 11 is 0. The van der Waals surface area contributed by atoms with Gasteiger partial charge in [0.15, 0.2) is 0 Å². The van der Waals surface area contributed by atoms with Crippen LogP contribution >= 0.6 is 0 Å². The van der Waals surface area contributed by atoms with Crippen LogP contribution in [0.5, 0.6) is 0 Å². The van der Waals surface area contributed by atoms with E-state index in [2.05, 4.69) is 18.2 Å². The van der Waals surface area contributed by atoms with Crippen molar-refractivity contribution in [1.29, 1.82) is 5.26 Å². The van der Waals surface area contributed by atoms with Gasteiger partial charge in [0.25, 0.3) is 0 Å². The fraction of sp³-hybridized carbons (Fsp3) is 0.364. The molecule has 2 rings (SSSR count). The molecule has 1 aliphatic carbocycles. The first-order valence-electron chi connectivity index (χ1n) is 4.37. The Labute approximate surface area is 72.6 Å². The summed E-state index contributed by atoms with van der Waals surface area (Å²) in [6.07, 6.45) is 3.98. The van der Waals surface area contributed by atoms with Crippen molar-refractivity contribution in [3.63, 3.8) is 0 Å². The first-order chi connectivity index (χ1) is 5.88. The summed E-state index contributed by atoms with van der Waals surface area (Å²) in [7, 11) is 0. The maximum Gasteiger partial charge on any atom is 0.0991 e. The second kappa shape index (κ2) is 2.98. The van der Waals surface area contributed by atoms with Crippen LogP contribution in [-0.2, 0) is 6.42 Å². The highest BCUT2D eigenvalue weighted by atomic mass is 14.3. The Kier molecular flexibility index (Phi) is 1.83. The van der Waals surface area contributed by atoms with Gasteiger partial charge in [-0.2, -0.15) is 5.26 Å². The van der Waals surface area contributed by atoms with Crippen LogP contribution in [0, 0.1) is 17.2 Å². The van der Waals surface area contributed by atoms with Crippen molar-refractivity contribution in [1.82, 2.24) is 0 Å². The first kappa shape index (κ1) is 7.36. The molecule has 12 heavy (non-hydrogen) atoms. The summed E-state index contributed by atoms with van der Waals surface area (Å²) in [6, 6.07) is 10.1. The highest BCUT2D eigenvalue weighted by Crippen LogP contribution is 2.32. The van der Waals surface area contributed by atoms with E-state index in [1.54, 1.807) is 0 Å². The fourth-order valence-corrected chi connectivity index (χ4v) is 1.37. The SMILES string of the molecule is N#Cc1ccc(CC2CC2)cc1. The number of hydrogen-bond acceptors (Lipinski definition) is 1. The summed E-state index contributed by atoms with van der Waals surface area (Å²) < 4.78 is 0. The minimum absolute atomic E-state index is 0.759. The number of nitriles is 1. The standard InChI is InChI=1S/C11H11N/c12-8-11-5-3-10(4-6-11)7-9-1-2-9/h3-6,9H,1-2,7H2. The third-order valence-corrected chi connectivity index (χ3v) is 2.30. The van der Waals surface area contributed by atoms with Crippen LogP contribution in [-0.4, -0.2) is 0 Å². The third kappa shape index (κ3) is 1.65. The van der Waals surface area contributed by atoms with Crippen LogP contribution in [0.1, 0.15) is 24.0 Å². The molecule has 0 bridgehead atoms. The summed E-state index contributed by atoms with van der Waals surface area (Å²) in [5, 5.41) is 8.57. The van der Waals surface area contributed by atoms with Crippen molar-refractivity contribution < 1.29 is 0 Å². The van der Waals surface area contributed by atoms with Gasteiger partial charge in [-0.15, -0.1) is 0 Å². The highest BCUT2D eigenvalue weighted by molar-refractivity contribution is 5.31. The van der Waals surface area contributed by atoms with Gasteiger partial charge in [0.05, 0.1) is 11.6 Å². The summed E-state index contributed by atoms with van der Waals surface area (Å²) in [6.45, 7) is 0. The average molecular weight is 157 g/mol. The van der Waals surface area contributed by atoms with Crippen LogP contribution in [0.4, 0.5) is 0 Å². The van der Waals surface area contributed by atoms with E-state index in [0.717, 1.165) is 11.5 Å². The number of benzene rings is 1. The van der Waals surface area contributed by atoms with Gasteiger partial charge in [-0.25, -0.2) is 0 Å². The largest absolute Gasteiger partial charge is 0.192 e. The van der Waals surface area contributed by atoms with Gasteiger partial charge in [0.2, 0.25) is 0 Å². The Balaban J connectivity index is 2.08. The van der Waals surface area contributed by atoms with Crippen LogP contribution in [0.15, 0.2) is 24.3 Å². The molecule has 1 aromatic carbocycles. The normalized spacial score (nSPS) is 15.6. The van der Waals surface area contributed by atoms with Crippen molar-refractivity contribution in [3.05, 3.63) is 35.4 Å². The number of nitrogens with zero attached hydrogens (tertiary/aromatic N) is 1. The Morgan fingerprint density at radius 3 is 2.42 bits per heavy atom. The Morgan fingerprint density at radius 2 is 1.92 bits per heavy atom. The molecule has 60 valence electrons. The predicted molar refractivity (Wildman–Crippen MR) is 47.6 cm³/mol. The maximum absolute atomic E-state index is 8.57. The first-order valence-corrected chi connectivity index (χ1v) is 4.37. The second-order valence-corrected chi connectivity index (χ2v) is 3.46. The molecule has 1 saturated carbocycles. The van der Waals surface area contributed by atoms with Crippen LogP contribution in [0.2, 0.25) is 0 Å². The third-order valence-electron chi connectivity index (χ3n) is 2.30. The predicted octanol–water partition coefficient (Wildman–Crippen LogP) is 2.51. The zero-order valence-electron chi connectivity index (χ0n) is 6.96. The molecule has 0 saturated heterocycles. The van der Waals surface area contributed by atoms with E-state index < -0.39 is 0 Å². The van der Waals surface area contributed by atoms with Crippen molar-refractivity contribution in [2.45, 2.75) is 19.3 Å². The highest BCUT2D eigenvalue weighted by Gasteiger charge is 2.20. The van der Waals surface area contributed by atoms with Crippen molar-refractivity contribution in [2.24, 2.45) is 5.92 Å². The lowest BCUT2D eigenvalue weighted by atomic mass is 10.1. The van der Waals surface area contributed by atoms with Crippen molar-refractivity contribution >= 4 is 0 Å². The fourth-order valence-electron chi connectivity index (χ4n) is 1.37. The Bertz CT molecular complexity index is 301. The molecular formula is C11H11N. The minimum Gasteiger partial charge on any atom is -0.192 e. The van der Waals surface area contributed by atoms with Crippen molar-refractivity contribution in [3.8, 4) is 6.07 Å². The molecule has 1 aliphatic rings. The molecule has 0 amide bonds. The lowest BCUT2D eigenvalue weighted by Crippen LogP contribution is -1.86. The zero-order valence-corrected chi connectivity index (χ0v) is 6.96. The molecule has 0 unspecified atom stereocenters. The molecule has 1 nitrogen and oxygen atoms in total. The van der Waals surface area contributed by atoms with Gasteiger partial charge in [0, 0.05) is 0 Å². The number of hydrogen-bond donors (Lipinski definition) is 0. The molecule has 0 atom stereocenters. The number of rotatable bonds is 2. The molecule has 1 aromatic rings. The van der Waals surface area contributed by atoms with Gasteiger partial charge < -0.3 is 0 Å². The van der Waals surface area contributed by atoms with Crippen LogP contribution < -0.4 is 0 Å². The summed E-state index contributed by atoms with van der Waals surface area (Å²) in [5.41, 5.74) is 2.13. The zero-order chi connectivity index (χ0) is 8.39. The molecule has 0 N–H and O–H groups in total. The van der Waals surface area contributed by atoms with Gasteiger partial charge in [0.1, 0.15) is 0 Å². The summed E-state index contributed by atoms with van der Waals surface area (Å²) in [5.74, 6) is 0.929. The van der Waals surface area contributed by atoms with Gasteiger partial charge >= 0.3 is 0 Å². The molecular weight excluding hydrogens is 146 g/mol. The smallest absolute Gasteiger partial charge is 0.0991 e.